The highest BCUT2D eigenvalue weighted by Crippen LogP contribution is 2.20. The van der Waals surface area contributed by atoms with Gasteiger partial charge in [-0.05, 0) is 45.7 Å². The minimum atomic E-state index is -0.273. The fraction of sp³-hybridized carbons (Fsp3) is 0.529. The first kappa shape index (κ1) is 17.2. The first-order chi connectivity index (χ1) is 9.62. The van der Waals surface area contributed by atoms with Gasteiger partial charge in [0.25, 0.3) is 0 Å². The number of nitrogens with zero attached hydrogens (tertiary/aromatic N) is 1. The van der Waals surface area contributed by atoms with E-state index in [1.807, 2.05) is 52.8 Å². The van der Waals surface area contributed by atoms with Crippen LogP contribution in [0.4, 0.5) is 5.69 Å². The number of hydrogen-bond donors (Lipinski definition) is 1. The monoisotopic (exact) mass is 290 g/mol. The van der Waals surface area contributed by atoms with Crippen molar-refractivity contribution in [1.29, 1.82) is 0 Å². The third-order valence-electron chi connectivity index (χ3n) is 3.50. The van der Waals surface area contributed by atoms with Crippen molar-refractivity contribution in [2.45, 2.75) is 53.5 Å². The summed E-state index contributed by atoms with van der Waals surface area (Å²) in [7, 11) is 0. The van der Waals surface area contributed by atoms with Crippen LogP contribution in [-0.4, -0.2) is 28.8 Å². The van der Waals surface area contributed by atoms with Crippen molar-refractivity contribution >= 4 is 17.5 Å². The van der Waals surface area contributed by atoms with E-state index >= 15 is 0 Å². The number of rotatable bonds is 4. The molecule has 21 heavy (non-hydrogen) atoms. The van der Waals surface area contributed by atoms with Crippen LogP contribution in [0.2, 0.25) is 0 Å². The summed E-state index contributed by atoms with van der Waals surface area (Å²) in [5.74, 6) is -0.0785. The number of carbonyl (C=O) groups is 2. The van der Waals surface area contributed by atoms with E-state index in [0.717, 1.165) is 16.8 Å². The topological polar surface area (TPSA) is 49.4 Å². The van der Waals surface area contributed by atoms with E-state index in [-0.39, 0.29) is 17.4 Å². The molecule has 0 aliphatic carbocycles. The minimum Gasteiger partial charge on any atom is -0.338 e. The van der Waals surface area contributed by atoms with Gasteiger partial charge in [-0.2, -0.15) is 0 Å². The van der Waals surface area contributed by atoms with Gasteiger partial charge in [-0.15, -0.1) is 0 Å². The first-order valence-corrected chi connectivity index (χ1v) is 7.27. The normalized spacial score (nSPS) is 11.1. The Bertz CT molecular complexity index is 510. The van der Waals surface area contributed by atoms with Crippen LogP contribution in [0.1, 0.15) is 45.2 Å². The summed E-state index contributed by atoms with van der Waals surface area (Å²) in [5.41, 5.74) is 2.68. The van der Waals surface area contributed by atoms with Gasteiger partial charge in [0.2, 0.25) is 11.8 Å². The van der Waals surface area contributed by atoms with Crippen molar-refractivity contribution in [2.75, 3.05) is 11.9 Å². The molecule has 0 bridgehead atoms. The van der Waals surface area contributed by atoms with E-state index in [2.05, 4.69) is 5.32 Å². The summed E-state index contributed by atoms with van der Waals surface area (Å²) in [6.45, 7) is 11.8. The lowest BCUT2D eigenvalue weighted by Crippen LogP contribution is -2.45. The van der Waals surface area contributed by atoms with E-state index in [1.165, 1.54) is 6.92 Å². The van der Waals surface area contributed by atoms with Crippen LogP contribution in [0, 0.1) is 13.8 Å². The Kier molecular flexibility index (Phi) is 5.53. The van der Waals surface area contributed by atoms with E-state index in [1.54, 1.807) is 4.90 Å². The van der Waals surface area contributed by atoms with Crippen molar-refractivity contribution in [1.82, 2.24) is 4.90 Å². The molecule has 0 saturated heterocycles. The van der Waals surface area contributed by atoms with Gasteiger partial charge < -0.3 is 10.2 Å². The number of anilines is 1. The van der Waals surface area contributed by atoms with E-state index < -0.39 is 0 Å². The number of aryl methyl sites for hydroxylation is 2. The summed E-state index contributed by atoms with van der Waals surface area (Å²) in [6, 6.07) is 5.91. The van der Waals surface area contributed by atoms with Crippen molar-refractivity contribution < 1.29 is 9.59 Å². The Labute approximate surface area is 127 Å². The van der Waals surface area contributed by atoms with Gasteiger partial charge in [-0.25, -0.2) is 0 Å². The van der Waals surface area contributed by atoms with Crippen LogP contribution in [-0.2, 0) is 9.59 Å². The molecule has 0 aliphatic rings. The number of benzene rings is 1. The second-order valence-electron chi connectivity index (χ2n) is 6.41. The summed E-state index contributed by atoms with van der Waals surface area (Å²) in [6.07, 6.45) is 0.296. The predicted octanol–water partition coefficient (Wildman–Crippen LogP) is 3.28. The summed E-state index contributed by atoms with van der Waals surface area (Å²) in [4.78, 5) is 25.5. The van der Waals surface area contributed by atoms with Gasteiger partial charge in [0.05, 0.1) is 0 Å². The number of amides is 2. The number of nitrogens with one attached hydrogen (secondary N) is 1. The van der Waals surface area contributed by atoms with Crippen LogP contribution >= 0.6 is 0 Å². The highest BCUT2D eigenvalue weighted by Gasteiger charge is 2.24. The number of carbonyl (C=O) groups excluding carboxylic acids is 2. The molecule has 4 heteroatoms. The molecule has 0 fully saturated rings. The average molecular weight is 290 g/mol. The van der Waals surface area contributed by atoms with Gasteiger partial charge in [-0.1, -0.05) is 18.2 Å². The van der Waals surface area contributed by atoms with Gasteiger partial charge in [0.1, 0.15) is 0 Å². The molecule has 116 valence electrons. The zero-order valence-corrected chi connectivity index (χ0v) is 13.9. The van der Waals surface area contributed by atoms with Gasteiger partial charge in [0.15, 0.2) is 0 Å². The minimum absolute atomic E-state index is 0.0117. The fourth-order valence-electron chi connectivity index (χ4n) is 2.39. The Morgan fingerprint density at radius 2 is 1.67 bits per heavy atom. The smallest absolute Gasteiger partial charge is 0.226 e. The fourth-order valence-corrected chi connectivity index (χ4v) is 2.39. The number of para-hydroxylation sites is 1. The van der Waals surface area contributed by atoms with Crippen LogP contribution in [0.5, 0.6) is 0 Å². The van der Waals surface area contributed by atoms with E-state index in [4.69, 9.17) is 0 Å². The summed E-state index contributed by atoms with van der Waals surface area (Å²) < 4.78 is 0. The Hall–Kier alpha value is -1.84. The SMILES string of the molecule is CC(=O)N(CCC(=O)Nc1c(C)cccc1C)C(C)(C)C. The molecule has 0 unspecified atom stereocenters. The lowest BCUT2D eigenvalue weighted by atomic mass is 10.1. The Morgan fingerprint density at radius 3 is 2.10 bits per heavy atom. The molecule has 0 saturated carbocycles. The van der Waals surface area contributed by atoms with Crippen molar-refractivity contribution in [3.63, 3.8) is 0 Å². The average Bonchev–Trinajstić information content (AvgIpc) is 2.32. The van der Waals surface area contributed by atoms with Crippen molar-refractivity contribution in [2.24, 2.45) is 0 Å². The van der Waals surface area contributed by atoms with Crippen LogP contribution in [0.3, 0.4) is 0 Å². The lowest BCUT2D eigenvalue weighted by Gasteiger charge is -2.34. The molecular weight excluding hydrogens is 264 g/mol. The standard InChI is InChI=1S/C17H26N2O2/c1-12-8-7-9-13(2)16(12)18-15(21)10-11-19(14(3)20)17(4,5)6/h7-9H,10-11H2,1-6H3,(H,18,21). The molecule has 0 aliphatic heterocycles. The molecule has 1 aromatic carbocycles. The molecule has 0 atom stereocenters. The maximum atomic E-state index is 12.1. The molecule has 1 N–H and O–H groups in total. The molecule has 2 amide bonds. The highest BCUT2D eigenvalue weighted by molar-refractivity contribution is 5.92. The molecule has 1 aromatic rings. The summed E-state index contributed by atoms with van der Waals surface area (Å²) in [5, 5.41) is 2.95. The van der Waals surface area contributed by atoms with Crippen molar-refractivity contribution in [3.8, 4) is 0 Å². The van der Waals surface area contributed by atoms with Gasteiger partial charge in [-0.3, -0.25) is 9.59 Å². The van der Waals surface area contributed by atoms with Crippen LogP contribution < -0.4 is 5.32 Å². The Morgan fingerprint density at radius 1 is 1.14 bits per heavy atom. The molecule has 1 rings (SSSR count). The maximum absolute atomic E-state index is 12.1. The lowest BCUT2D eigenvalue weighted by molar-refractivity contribution is -0.134. The maximum Gasteiger partial charge on any atom is 0.226 e. The van der Waals surface area contributed by atoms with Gasteiger partial charge >= 0.3 is 0 Å². The third kappa shape index (κ3) is 4.88. The second-order valence-corrected chi connectivity index (χ2v) is 6.41. The van der Waals surface area contributed by atoms with Crippen LogP contribution in [0.15, 0.2) is 18.2 Å². The quantitative estimate of drug-likeness (QED) is 0.925. The van der Waals surface area contributed by atoms with E-state index in [9.17, 15) is 9.59 Å². The third-order valence-corrected chi connectivity index (χ3v) is 3.50. The summed E-state index contributed by atoms with van der Waals surface area (Å²) >= 11 is 0. The molecular formula is C17H26N2O2. The van der Waals surface area contributed by atoms with Gasteiger partial charge in [0, 0.05) is 31.1 Å². The molecule has 0 aromatic heterocycles. The molecule has 0 heterocycles. The highest BCUT2D eigenvalue weighted by atomic mass is 16.2. The first-order valence-electron chi connectivity index (χ1n) is 7.27. The van der Waals surface area contributed by atoms with Crippen molar-refractivity contribution in [3.05, 3.63) is 29.3 Å². The molecule has 0 radical (unpaired) electrons. The largest absolute Gasteiger partial charge is 0.338 e. The molecule has 4 nitrogen and oxygen atoms in total. The second kappa shape index (κ2) is 6.74. The zero-order valence-electron chi connectivity index (χ0n) is 13.9. The Balaban J connectivity index is 2.68. The number of hydrogen-bond acceptors (Lipinski definition) is 2. The van der Waals surface area contributed by atoms with Crippen LogP contribution in [0.25, 0.3) is 0 Å². The van der Waals surface area contributed by atoms with E-state index in [0.29, 0.717) is 13.0 Å². The predicted molar refractivity (Wildman–Crippen MR) is 86.3 cm³/mol. The zero-order chi connectivity index (χ0) is 16.2. The molecule has 0 spiro atoms.